The molecule has 1 nitrogen and oxygen atoms in total. The molecule has 1 aromatic heterocycles. The minimum atomic E-state index is -0.540. The van der Waals surface area contributed by atoms with Crippen LogP contribution >= 0.6 is 11.3 Å². The van der Waals surface area contributed by atoms with E-state index in [0.717, 1.165) is 17.1 Å². The molecule has 76 heavy (non-hydrogen) atoms. The molecular formula is C74H51NS. The fourth-order valence-corrected chi connectivity index (χ4v) is 14.6. The maximum Gasteiger partial charge on any atom is 0.0714 e. The van der Waals surface area contributed by atoms with Gasteiger partial charge in [-0.3, -0.25) is 0 Å². The number of rotatable bonds is 8. The van der Waals surface area contributed by atoms with Gasteiger partial charge in [0.25, 0.3) is 0 Å². The van der Waals surface area contributed by atoms with Crippen molar-refractivity contribution in [2.24, 2.45) is 0 Å². The van der Waals surface area contributed by atoms with Crippen molar-refractivity contribution in [1.82, 2.24) is 0 Å². The van der Waals surface area contributed by atoms with Gasteiger partial charge in [-0.1, -0.05) is 244 Å². The zero-order valence-electron chi connectivity index (χ0n) is 42.3. The van der Waals surface area contributed by atoms with E-state index in [2.05, 4.69) is 292 Å². The van der Waals surface area contributed by atoms with E-state index >= 15 is 0 Å². The minimum Gasteiger partial charge on any atom is -0.310 e. The molecule has 13 aromatic rings. The van der Waals surface area contributed by atoms with Crippen LogP contribution in [0.2, 0.25) is 0 Å². The highest BCUT2D eigenvalue weighted by Crippen LogP contribution is 2.58. The summed E-state index contributed by atoms with van der Waals surface area (Å²) in [4.78, 5) is 2.51. The molecule has 0 saturated carbocycles. The summed E-state index contributed by atoms with van der Waals surface area (Å²) < 4.78 is 2.62. The SMILES string of the molecule is CC1(C)c2ccccc2-c2ccc(N(c3ccc(-c4c(-c5ccc(-c6ccccc6)cc5)c5ccccc5c5sc6ccccc6c45)cc3)c3ccc4c(c3)C(c3ccccc3)(c3ccccc3)c3ccccc3-4)cc21. The predicted molar refractivity (Wildman–Crippen MR) is 323 cm³/mol. The largest absolute Gasteiger partial charge is 0.310 e. The fraction of sp³-hybridized carbons (Fsp3) is 0.0541. The number of hydrogen-bond acceptors (Lipinski definition) is 2. The zero-order valence-corrected chi connectivity index (χ0v) is 43.2. The third kappa shape index (κ3) is 6.57. The van der Waals surface area contributed by atoms with Crippen molar-refractivity contribution in [3.8, 4) is 55.6 Å². The molecule has 0 bridgehead atoms. The highest BCUT2D eigenvalue weighted by molar-refractivity contribution is 7.26. The molecule has 2 aliphatic rings. The molecule has 0 spiro atoms. The molecule has 0 atom stereocenters. The molecular weight excluding hydrogens is 935 g/mol. The summed E-state index contributed by atoms with van der Waals surface area (Å²) in [7, 11) is 0. The Hall–Kier alpha value is -9.08. The summed E-state index contributed by atoms with van der Waals surface area (Å²) in [5.74, 6) is 0. The van der Waals surface area contributed by atoms with Gasteiger partial charge < -0.3 is 4.90 Å². The van der Waals surface area contributed by atoms with E-state index in [1.807, 2.05) is 11.3 Å². The lowest BCUT2D eigenvalue weighted by atomic mass is 9.67. The van der Waals surface area contributed by atoms with Gasteiger partial charge in [0, 0.05) is 48.0 Å². The van der Waals surface area contributed by atoms with Crippen LogP contribution in [0.5, 0.6) is 0 Å². The van der Waals surface area contributed by atoms with Crippen molar-refractivity contribution in [2.75, 3.05) is 4.90 Å². The van der Waals surface area contributed by atoms with Gasteiger partial charge in [-0.2, -0.15) is 0 Å². The van der Waals surface area contributed by atoms with E-state index in [4.69, 9.17) is 0 Å². The number of nitrogens with zero attached hydrogens (tertiary/aromatic N) is 1. The molecule has 0 N–H and O–H groups in total. The van der Waals surface area contributed by atoms with Crippen LogP contribution in [-0.4, -0.2) is 0 Å². The first-order chi connectivity index (χ1) is 37.5. The maximum absolute atomic E-state index is 2.51. The van der Waals surface area contributed by atoms with Gasteiger partial charge in [0.15, 0.2) is 0 Å². The van der Waals surface area contributed by atoms with E-state index in [0.29, 0.717) is 0 Å². The Balaban J connectivity index is 0.963. The van der Waals surface area contributed by atoms with E-state index in [1.54, 1.807) is 0 Å². The molecule has 12 aromatic carbocycles. The van der Waals surface area contributed by atoms with Crippen molar-refractivity contribution in [3.63, 3.8) is 0 Å². The predicted octanol–water partition coefficient (Wildman–Crippen LogP) is 20.3. The quantitative estimate of drug-likeness (QED) is 0.147. The van der Waals surface area contributed by atoms with E-state index < -0.39 is 5.41 Å². The topological polar surface area (TPSA) is 3.24 Å². The summed E-state index contributed by atoms with van der Waals surface area (Å²) in [5.41, 5.74) is 22.9. The zero-order chi connectivity index (χ0) is 50.5. The Morgan fingerprint density at radius 1 is 0.316 bits per heavy atom. The first-order valence-electron chi connectivity index (χ1n) is 26.5. The number of hydrogen-bond donors (Lipinski definition) is 0. The molecule has 0 aliphatic heterocycles. The third-order valence-corrected chi connectivity index (χ3v) is 18.0. The second-order valence-corrected chi connectivity index (χ2v) is 22.1. The van der Waals surface area contributed by atoms with Crippen molar-refractivity contribution in [1.29, 1.82) is 0 Å². The number of benzene rings is 12. The van der Waals surface area contributed by atoms with Gasteiger partial charge in [-0.25, -0.2) is 0 Å². The van der Waals surface area contributed by atoms with E-state index in [1.165, 1.54) is 120 Å². The minimum absolute atomic E-state index is 0.173. The number of thiophene rings is 1. The van der Waals surface area contributed by atoms with Gasteiger partial charge in [-0.05, 0) is 137 Å². The molecule has 1 heterocycles. The second kappa shape index (κ2) is 17.2. The second-order valence-electron chi connectivity index (χ2n) is 21.1. The molecule has 15 rings (SSSR count). The average Bonchev–Trinajstić information content (AvgIpc) is 4.23. The molecule has 2 heteroatoms. The maximum atomic E-state index is 2.51. The molecule has 0 saturated heterocycles. The smallest absolute Gasteiger partial charge is 0.0714 e. The van der Waals surface area contributed by atoms with E-state index in [9.17, 15) is 0 Å². The third-order valence-electron chi connectivity index (χ3n) is 16.8. The first-order valence-corrected chi connectivity index (χ1v) is 27.3. The van der Waals surface area contributed by atoms with Crippen molar-refractivity contribution >= 4 is 59.3 Å². The Morgan fingerprint density at radius 2 is 0.763 bits per heavy atom. The van der Waals surface area contributed by atoms with E-state index in [-0.39, 0.29) is 5.41 Å². The Labute approximate surface area is 448 Å². The number of anilines is 3. The Bertz CT molecular complexity index is 4360. The molecule has 0 fully saturated rings. The highest BCUT2D eigenvalue weighted by Gasteiger charge is 2.46. The summed E-state index contributed by atoms with van der Waals surface area (Å²) in [5, 5.41) is 5.14. The Kier molecular flexibility index (Phi) is 10.1. The van der Waals surface area contributed by atoms with Crippen molar-refractivity contribution in [3.05, 3.63) is 306 Å². The van der Waals surface area contributed by atoms with Crippen LogP contribution < -0.4 is 4.90 Å². The lowest BCUT2D eigenvalue weighted by Gasteiger charge is -2.35. The van der Waals surface area contributed by atoms with Crippen molar-refractivity contribution < 1.29 is 0 Å². The van der Waals surface area contributed by atoms with Crippen LogP contribution in [0.4, 0.5) is 17.1 Å². The lowest BCUT2D eigenvalue weighted by Crippen LogP contribution is -2.28. The molecule has 0 radical (unpaired) electrons. The summed E-state index contributed by atoms with van der Waals surface area (Å²) in [6, 6.07) is 102. The fourth-order valence-electron chi connectivity index (χ4n) is 13.3. The normalized spacial score (nSPS) is 13.6. The highest BCUT2D eigenvalue weighted by atomic mass is 32.1. The first kappa shape index (κ1) is 44.4. The number of fused-ring (bicyclic) bond motifs is 11. The van der Waals surface area contributed by atoms with Gasteiger partial charge in [0.1, 0.15) is 0 Å². The van der Waals surface area contributed by atoms with Crippen LogP contribution in [0, 0.1) is 0 Å². The van der Waals surface area contributed by atoms with Gasteiger partial charge in [0.2, 0.25) is 0 Å². The summed E-state index contributed by atoms with van der Waals surface area (Å²) >= 11 is 1.90. The molecule has 2 aliphatic carbocycles. The summed E-state index contributed by atoms with van der Waals surface area (Å²) in [6.45, 7) is 4.76. The lowest BCUT2D eigenvalue weighted by molar-refractivity contribution is 0.660. The monoisotopic (exact) mass is 985 g/mol. The van der Waals surface area contributed by atoms with Crippen LogP contribution in [-0.2, 0) is 10.8 Å². The molecule has 0 unspecified atom stereocenters. The molecule has 0 amide bonds. The van der Waals surface area contributed by atoms with Crippen LogP contribution in [0.15, 0.2) is 273 Å². The average molecular weight is 986 g/mol. The van der Waals surface area contributed by atoms with Gasteiger partial charge in [-0.15, -0.1) is 11.3 Å². The standard InChI is InChI=1S/C74H51NS/c1-73(2)64-31-17-14-26-57(64)59-44-42-55(46-66(59)73)75(56-43-45-60-58-27-15-18-32-65(58)74(67(60)47-56,52-22-8-4-9-23-52)53-24-10-5-11-25-53)54-40-38-51(39-41-54)70-69(50-36-34-49(35-37-50)48-20-6-3-7-21-48)61-28-12-13-29-62(61)72-71(70)63-30-16-19-33-68(63)76-72/h3-47H,1-2H3. The van der Waals surface area contributed by atoms with Crippen LogP contribution in [0.1, 0.15) is 47.2 Å². The van der Waals surface area contributed by atoms with Gasteiger partial charge in [0.05, 0.1) is 5.41 Å². The van der Waals surface area contributed by atoms with Gasteiger partial charge >= 0.3 is 0 Å². The molecule has 358 valence electrons. The van der Waals surface area contributed by atoms with Crippen molar-refractivity contribution in [2.45, 2.75) is 24.7 Å². The Morgan fingerprint density at radius 3 is 1.43 bits per heavy atom. The summed E-state index contributed by atoms with van der Waals surface area (Å²) in [6.07, 6.45) is 0. The van der Waals surface area contributed by atoms with Crippen LogP contribution in [0.25, 0.3) is 86.6 Å². The van der Waals surface area contributed by atoms with Crippen LogP contribution in [0.3, 0.4) is 0 Å².